The number of methoxy groups -OCH3 is 1. The summed E-state index contributed by atoms with van der Waals surface area (Å²) in [5.41, 5.74) is 1.79. The van der Waals surface area contributed by atoms with E-state index in [2.05, 4.69) is 10.6 Å². The maximum Gasteiger partial charge on any atom is 0.319 e. The number of carbonyl (C=O) groups excluding carboxylic acids is 1. The standard InChI is InChI=1S/C21H20N2O2S/c1-25-17-13-11-16(12-14-17)15-22-21(24)23-19-9-5-6-10-20(19)26-18-7-3-2-4-8-18/h2-14H,15H2,1H3,(H2,22,23,24). The molecule has 0 heterocycles. The Morgan fingerprint density at radius 3 is 2.35 bits per heavy atom. The third kappa shape index (κ3) is 5.04. The van der Waals surface area contributed by atoms with Crippen molar-refractivity contribution in [3.63, 3.8) is 0 Å². The Morgan fingerprint density at radius 2 is 1.62 bits per heavy atom. The van der Waals surface area contributed by atoms with E-state index in [1.54, 1.807) is 18.9 Å². The number of benzene rings is 3. The van der Waals surface area contributed by atoms with Crippen molar-refractivity contribution in [1.29, 1.82) is 0 Å². The Morgan fingerprint density at radius 1 is 0.923 bits per heavy atom. The number of rotatable bonds is 6. The second-order valence-electron chi connectivity index (χ2n) is 5.57. The van der Waals surface area contributed by atoms with Gasteiger partial charge in [0, 0.05) is 16.3 Å². The molecule has 0 unspecified atom stereocenters. The number of hydrogen-bond donors (Lipinski definition) is 2. The molecule has 0 aromatic heterocycles. The van der Waals surface area contributed by atoms with Crippen LogP contribution in [0.4, 0.5) is 10.5 Å². The average Bonchev–Trinajstić information content (AvgIpc) is 2.69. The molecule has 3 aromatic rings. The van der Waals surface area contributed by atoms with Crippen LogP contribution in [0.3, 0.4) is 0 Å². The van der Waals surface area contributed by atoms with Crippen LogP contribution in [-0.4, -0.2) is 13.1 Å². The summed E-state index contributed by atoms with van der Waals surface area (Å²) >= 11 is 1.62. The fourth-order valence-electron chi connectivity index (χ4n) is 2.37. The summed E-state index contributed by atoms with van der Waals surface area (Å²) in [6, 6.07) is 25.2. The number of urea groups is 1. The molecule has 2 amide bonds. The first-order valence-electron chi connectivity index (χ1n) is 8.24. The third-order valence-corrected chi connectivity index (χ3v) is 4.80. The summed E-state index contributed by atoms with van der Waals surface area (Å²) in [6.45, 7) is 0.448. The van der Waals surface area contributed by atoms with Crippen molar-refractivity contribution in [2.45, 2.75) is 16.3 Å². The minimum Gasteiger partial charge on any atom is -0.497 e. The van der Waals surface area contributed by atoms with Crippen molar-refractivity contribution >= 4 is 23.5 Å². The topological polar surface area (TPSA) is 50.4 Å². The second-order valence-corrected chi connectivity index (χ2v) is 6.68. The molecular formula is C21H20N2O2S. The number of amides is 2. The zero-order valence-corrected chi connectivity index (χ0v) is 15.3. The van der Waals surface area contributed by atoms with Crippen molar-refractivity contribution in [3.05, 3.63) is 84.4 Å². The summed E-state index contributed by atoms with van der Waals surface area (Å²) in [5.74, 6) is 0.796. The smallest absolute Gasteiger partial charge is 0.319 e. The van der Waals surface area contributed by atoms with Crippen molar-refractivity contribution in [3.8, 4) is 5.75 Å². The van der Waals surface area contributed by atoms with E-state index in [0.717, 1.165) is 26.8 Å². The van der Waals surface area contributed by atoms with Gasteiger partial charge in [-0.3, -0.25) is 0 Å². The van der Waals surface area contributed by atoms with E-state index in [4.69, 9.17) is 4.74 Å². The van der Waals surface area contributed by atoms with Crippen LogP contribution in [0.1, 0.15) is 5.56 Å². The highest BCUT2D eigenvalue weighted by Gasteiger charge is 2.07. The van der Waals surface area contributed by atoms with Crippen molar-refractivity contribution < 1.29 is 9.53 Å². The Kier molecular flexibility index (Phi) is 6.17. The van der Waals surface area contributed by atoms with Crippen LogP contribution in [0.25, 0.3) is 0 Å². The first kappa shape index (κ1) is 17.9. The molecule has 0 atom stereocenters. The van der Waals surface area contributed by atoms with Gasteiger partial charge in [-0.25, -0.2) is 4.79 Å². The summed E-state index contributed by atoms with van der Waals surface area (Å²) in [5, 5.41) is 5.80. The van der Waals surface area contributed by atoms with Gasteiger partial charge >= 0.3 is 6.03 Å². The highest BCUT2D eigenvalue weighted by molar-refractivity contribution is 7.99. The van der Waals surface area contributed by atoms with Gasteiger partial charge < -0.3 is 15.4 Å². The first-order valence-corrected chi connectivity index (χ1v) is 9.06. The molecule has 0 bridgehead atoms. The lowest BCUT2D eigenvalue weighted by atomic mass is 10.2. The predicted octanol–water partition coefficient (Wildman–Crippen LogP) is 5.17. The Hall–Kier alpha value is -2.92. The molecule has 3 rings (SSSR count). The predicted molar refractivity (Wildman–Crippen MR) is 106 cm³/mol. The van der Waals surface area contributed by atoms with Gasteiger partial charge in [0.25, 0.3) is 0 Å². The molecule has 0 spiro atoms. The fraction of sp³-hybridized carbons (Fsp3) is 0.0952. The molecule has 0 aliphatic heterocycles. The summed E-state index contributed by atoms with van der Waals surface area (Å²) < 4.78 is 5.13. The van der Waals surface area contributed by atoms with E-state index < -0.39 is 0 Å². The lowest BCUT2D eigenvalue weighted by Crippen LogP contribution is -2.28. The van der Waals surface area contributed by atoms with Crippen LogP contribution in [0.15, 0.2) is 88.7 Å². The van der Waals surface area contributed by atoms with Gasteiger partial charge in [0.2, 0.25) is 0 Å². The highest BCUT2D eigenvalue weighted by Crippen LogP contribution is 2.33. The summed E-state index contributed by atoms with van der Waals surface area (Å²) in [6.07, 6.45) is 0. The molecule has 3 aromatic carbocycles. The normalized spacial score (nSPS) is 10.2. The van der Waals surface area contributed by atoms with E-state index in [1.165, 1.54) is 0 Å². The van der Waals surface area contributed by atoms with Crippen LogP contribution in [-0.2, 0) is 6.54 Å². The van der Waals surface area contributed by atoms with E-state index in [9.17, 15) is 4.79 Å². The molecule has 132 valence electrons. The van der Waals surface area contributed by atoms with Crippen LogP contribution < -0.4 is 15.4 Å². The quantitative estimate of drug-likeness (QED) is 0.634. The number of ether oxygens (including phenoxy) is 1. The average molecular weight is 364 g/mol. The van der Waals surface area contributed by atoms with Gasteiger partial charge in [-0.2, -0.15) is 0 Å². The third-order valence-electron chi connectivity index (χ3n) is 3.72. The number of para-hydroxylation sites is 1. The van der Waals surface area contributed by atoms with Crippen LogP contribution in [0.5, 0.6) is 5.75 Å². The van der Waals surface area contributed by atoms with Crippen LogP contribution in [0.2, 0.25) is 0 Å². The monoisotopic (exact) mass is 364 g/mol. The minimum absolute atomic E-state index is 0.234. The van der Waals surface area contributed by atoms with Gasteiger partial charge in [-0.1, -0.05) is 54.2 Å². The number of nitrogens with one attached hydrogen (secondary N) is 2. The van der Waals surface area contributed by atoms with Gasteiger partial charge in [-0.05, 0) is 42.0 Å². The summed E-state index contributed by atoms with van der Waals surface area (Å²) in [7, 11) is 1.63. The zero-order chi connectivity index (χ0) is 18.2. The zero-order valence-electron chi connectivity index (χ0n) is 14.4. The van der Waals surface area contributed by atoms with Crippen molar-refractivity contribution in [1.82, 2.24) is 5.32 Å². The molecule has 2 N–H and O–H groups in total. The summed E-state index contributed by atoms with van der Waals surface area (Å²) in [4.78, 5) is 14.4. The molecule has 0 saturated heterocycles. The molecule has 0 aliphatic carbocycles. The van der Waals surface area contributed by atoms with Crippen molar-refractivity contribution in [2.24, 2.45) is 0 Å². The second kappa shape index (κ2) is 8.97. The molecule has 4 nitrogen and oxygen atoms in total. The Bertz CT molecular complexity index is 851. The van der Waals surface area contributed by atoms with Gasteiger partial charge in [0.1, 0.15) is 5.75 Å². The van der Waals surface area contributed by atoms with Gasteiger partial charge in [0.05, 0.1) is 12.8 Å². The lowest BCUT2D eigenvalue weighted by molar-refractivity contribution is 0.251. The first-order chi connectivity index (χ1) is 12.7. The molecule has 0 aliphatic rings. The molecule has 26 heavy (non-hydrogen) atoms. The fourth-order valence-corrected chi connectivity index (χ4v) is 3.29. The van der Waals surface area contributed by atoms with Crippen molar-refractivity contribution in [2.75, 3.05) is 12.4 Å². The number of hydrogen-bond acceptors (Lipinski definition) is 3. The molecule has 5 heteroatoms. The van der Waals surface area contributed by atoms with Crippen LogP contribution >= 0.6 is 11.8 Å². The molecule has 0 radical (unpaired) electrons. The maximum absolute atomic E-state index is 12.3. The SMILES string of the molecule is COc1ccc(CNC(=O)Nc2ccccc2Sc2ccccc2)cc1. The molecular weight excluding hydrogens is 344 g/mol. The largest absolute Gasteiger partial charge is 0.497 e. The highest BCUT2D eigenvalue weighted by atomic mass is 32.2. The maximum atomic E-state index is 12.3. The minimum atomic E-state index is -0.234. The lowest BCUT2D eigenvalue weighted by Gasteiger charge is -2.12. The Labute approximate surface area is 157 Å². The van der Waals surface area contributed by atoms with Gasteiger partial charge in [-0.15, -0.1) is 0 Å². The molecule has 0 saturated carbocycles. The van der Waals surface area contributed by atoms with Gasteiger partial charge in [0.15, 0.2) is 0 Å². The Balaban J connectivity index is 1.60. The van der Waals surface area contributed by atoms with E-state index in [0.29, 0.717) is 6.54 Å². The number of carbonyl (C=O) groups is 1. The van der Waals surface area contributed by atoms with E-state index >= 15 is 0 Å². The van der Waals surface area contributed by atoms with Crippen LogP contribution in [0, 0.1) is 0 Å². The number of anilines is 1. The van der Waals surface area contributed by atoms with E-state index in [1.807, 2.05) is 78.9 Å². The molecule has 0 fully saturated rings. The van der Waals surface area contributed by atoms with E-state index in [-0.39, 0.29) is 6.03 Å².